The summed E-state index contributed by atoms with van der Waals surface area (Å²) in [7, 11) is 0. The molecule has 0 fully saturated rings. The van der Waals surface area contributed by atoms with Gasteiger partial charge in [-0.25, -0.2) is 18.6 Å². The van der Waals surface area contributed by atoms with Crippen LogP contribution in [0.25, 0.3) is 22.2 Å². The Bertz CT molecular complexity index is 1140. The molecule has 4 rings (SSSR count). The van der Waals surface area contributed by atoms with E-state index in [9.17, 15) is 13.6 Å². The van der Waals surface area contributed by atoms with E-state index in [0.717, 1.165) is 17.5 Å². The molecule has 0 aliphatic carbocycles. The van der Waals surface area contributed by atoms with Gasteiger partial charge in [0.15, 0.2) is 5.76 Å². The lowest BCUT2D eigenvalue weighted by Gasteiger charge is -2.03. The van der Waals surface area contributed by atoms with Crippen molar-refractivity contribution in [3.05, 3.63) is 83.7 Å². The smallest absolute Gasteiger partial charge is 0.357 e. The Kier molecular flexibility index (Phi) is 4.33. The van der Waals surface area contributed by atoms with E-state index in [-0.39, 0.29) is 23.6 Å². The summed E-state index contributed by atoms with van der Waals surface area (Å²) >= 11 is 0. The summed E-state index contributed by atoms with van der Waals surface area (Å²) in [5, 5.41) is 4.65. The Labute approximate surface area is 152 Å². The second-order valence-electron chi connectivity index (χ2n) is 5.77. The molecule has 2 heterocycles. The quantitative estimate of drug-likeness (QED) is 0.497. The number of esters is 1. The van der Waals surface area contributed by atoms with E-state index in [2.05, 4.69) is 10.1 Å². The van der Waals surface area contributed by atoms with Crippen LogP contribution < -0.4 is 0 Å². The number of carbonyl (C=O) groups excluding carboxylic acids is 1. The fourth-order valence-corrected chi connectivity index (χ4v) is 2.59. The molecule has 7 heteroatoms. The molecule has 0 aliphatic heterocycles. The van der Waals surface area contributed by atoms with E-state index in [0.29, 0.717) is 11.2 Å². The normalized spacial score (nSPS) is 10.9. The van der Waals surface area contributed by atoms with Gasteiger partial charge in [-0.05, 0) is 24.3 Å². The first-order chi connectivity index (χ1) is 13.1. The number of pyridine rings is 1. The largest absolute Gasteiger partial charge is 0.454 e. The number of para-hydroxylation sites is 1. The third kappa shape index (κ3) is 3.52. The number of hydrogen-bond acceptors (Lipinski definition) is 5. The molecule has 0 radical (unpaired) electrons. The predicted molar refractivity (Wildman–Crippen MR) is 92.7 cm³/mol. The first-order valence-corrected chi connectivity index (χ1v) is 8.04. The number of benzene rings is 2. The van der Waals surface area contributed by atoms with Crippen LogP contribution in [0.15, 0.2) is 65.2 Å². The first kappa shape index (κ1) is 16.8. The first-order valence-electron chi connectivity index (χ1n) is 8.04. The minimum atomic E-state index is -0.768. The molecule has 0 bridgehead atoms. The number of nitrogens with zero attached hydrogens (tertiary/aromatic N) is 2. The van der Waals surface area contributed by atoms with Crippen molar-refractivity contribution in [2.45, 2.75) is 6.61 Å². The van der Waals surface area contributed by atoms with Crippen molar-refractivity contribution in [3.63, 3.8) is 0 Å². The molecule has 0 spiro atoms. The number of aromatic nitrogens is 2. The zero-order valence-corrected chi connectivity index (χ0v) is 13.9. The van der Waals surface area contributed by atoms with Crippen LogP contribution in [0.2, 0.25) is 0 Å². The van der Waals surface area contributed by atoms with Crippen LogP contribution in [-0.2, 0) is 11.3 Å². The minimum absolute atomic E-state index is 0.0673. The van der Waals surface area contributed by atoms with Gasteiger partial charge in [-0.1, -0.05) is 29.4 Å². The standard InChI is InChI=1S/C20H12F2N2O3/c21-13-6-7-15(16(22)9-13)19-10-14(24-27-19)11-26-20(25)18-8-5-12-3-1-2-4-17(12)23-18/h1-10H,11H2. The summed E-state index contributed by atoms with van der Waals surface area (Å²) in [6, 6.07) is 15.3. The fraction of sp³-hybridized carbons (Fsp3) is 0.0500. The number of hydrogen-bond donors (Lipinski definition) is 0. The molecule has 2 aromatic carbocycles. The van der Waals surface area contributed by atoms with Crippen molar-refractivity contribution >= 4 is 16.9 Å². The number of carbonyl (C=O) groups is 1. The summed E-state index contributed by atoms with van der Waals surface area (Å²) in [6.07, 6.45) is 0. The zero-order valence-electron chi connectivity index (χ0n) is 13.9. The van der Waals surface area contributed by atoms with Gasteiger partial charge in [0.2, 0.25) is 0 Å². The molecule has 0 unspecified atom stereocenters. The second-order valence-corrected chi connectivity index (χ2v) is 5.77. The van der Waals surface area contributed by atoms with Crippen molar-refractivity contribution < 1.29 is 22.8 Å². The van der Waals surface area contributed by atoms with Crippen molar-refractivity contribution in [1.29, 1.82) is 0 Å². The zero-order chi connectivity index (χ0) is 18.8. The molecule has 2 aromatic heterocycles. The summed E-state index contributed by atoms with van der Waals surface area (Å²) in [5.41, 5.74) is 1.21. The van der Waals surface area contributed by atoms with E-state index >= 15 is 0 Å². The van der Waals surface area contributed by atoms with Crippen LogP contribution in [-0.4, -0.2) is 16.1 Å². The molecule has 0 aliphatic rings. The Hall–Kier alpha value is -3.61. The van der Waals surface area contributed by atoms with Gasteiger partial charge in [-0.2, -0.15) is 0 Å². The molecule has 27 heavy (non-hydrogen) atoms. The Morgan fingerprint density at radius 1 is 1.04 bits per heavy atom. The molecule has 0 atom stereocenters. The molecule has 0 N–H and O–H groups in total. The van der Waals surface area contributed by atoms with E-state index in [1.165, 1.54) is 12.1 Å². The Morgan fingerprint density at radius 2 is 1.89 bits per heavy atom. The van der Waals surface area contributed by atoms with Gasteiger partial charge in [0, 0.05) is 17.5 Å². The third-order valence-electron chi connectivity index (χ3n) is 3.91. The maximum absolute atomic E-state index is 13.8. The average Bonchev–Trinajstić information content (AvgIpc) is 3.14. The molecule has 5 nitrogen and oxygen atoms in total. The highest BCUT2D eigenvalue weighted by atomic mass is 19.1. The highest BCUT2D eigenvalue weighted by Crippen LogP contribution is 2.24. The summed E-state index contributed by atoms with van der Waals surface area (Å²) in [4.78, 5) is 16.4. The minimum Gasteiger partial charge on any atom is -0.454 e. The Balaban J connectivity index is 1.47. The number of ether oxygens (including phenoxy) is 1. The lowest BCUT2D eigenvalue weighted by molar-refractivity contribution is 0.0458. The van der Waals surface area contributed by atoms with Crippen molar-refractivity contribution in [1.82, 2.24) is 10.1 Å². The van der Waals surface area contributed by atoms with Gasteiger partial charge in [0.05, 0.1) is 11.1 Å². The van der Waals surface area contributed by atoms with Crippen LogP contribution in [0.5, 0.6) is 0 Å². The van der Waals surface area contributed by atoms with E-state index in [1.54, 1.807) is 18.2 Å². The molecule has 4 aromatic rings. The number of rotatable bonds is 4. The van der Waals surface area contributed by atoms with E-state index in [1.807, 2.05) is 18.2 Å². The highest BCUT2D eigenvalue weighted by Gasteiger charge is 2.15. The predicted octanol–water partition coefficient (Wildman–Crippen LogP) is 4.53. The lowest BCUT2D eigenvalue weighted by Crippen LogP contribution is -2.07. The summed E-state index contributed by atoms with van der Waals surface area (Å²) < 4.78 is 37.0. The monoisotopic (exact) mass is 366 g/mol. The summed E-state index contributed by atoms with van der Waals surface area (Å²) in [6.45, 7) is -0.167. The highest BCUT2D eigenvalue weighted by molar-refractivity contribution is 5.91. The molecule has 0 saturated carbocycles. The molecule has 134 valence electrons. The Morgan fingerprint density at radius 3 is 2.74 bits per heavy atom. The maximum atomic E-state index is 13.8. The van der Waals surface area contributed by atoms with Gasteiger partial charge in [0.1, 0.15) is 29.6 Å². The SMILES string of the molecule is O=C(OCc1cc(-c2ccc(F)cc2F)on1)c1ccc2ccccc2n1. The second kappa shape index (κ2) is 6.95. The topological polar surface area (TPSA) is 65.2 Å². The average molecular weight is 366 g/mol. The fourth-order valence-electron chi connectivity index (χ4n) is 2.59. The maximum Gasteiger partial charge on any atom is 0.357 e. The van der Waals surface area contributed by atoms with Crippen molar-refractivity contribution in [3.8, 4) is 11.3 Å². The van der Waals surface area contributed by atoms with Gasteiger partial charge in [-0.3, -0.25) is 0 Å². The van der Waals surface area contributed by atoms with Crippen LogP contribution in [0.4, 0.5) is 8.78 Å². The van der Waals surface area contributed by atoms with Crippen LogP contribution in [0, 0.1) is 11.6 Å². The van der Waals surface area contributed by atoms with Gasteiger partial charge < -0.3 is 9.26 Å². The van der Waals surface area contributed by atoms with Gasteiger partial charge >= 0.3 is 5.97 Å². The van der Waals surface area contributed by atoms with Crippen LogP contribution in [0.1, 0.15) is 16.2 Å². The summed E-state index contributed by atoms with van der Waals surface area (Å²) in [5.74, 6) is -1.96. The molecule has 0 saturated heterocycles. The van der Waals surface area contributed by atoms with E-state index in [4.69, 9.17) is 9.26 Å². The van der Waals surface area contributed by atoms with Gasteiger partial charge in [0.25, 0.3) is 0 Å². The molecular formula is C20H12F2N2O3. The van der Waals surface area contributed by atoms with Crippen molar-refractivity contribution in [2.75, 3.05) is 0 Å². The lowest BCUT2D eigenvalue weighted by atomic mass is 10.1. The van der Waals surface area contributed by atoms with Gasteiger partial charge in [-0.15, -0.1) is 0 Å². The molecular weight excluding hydrogens is 354 g/mol. The molecule has 0 amide bonds. The van der Waals surface area contributed by atoms with Crippen molar-refractivity contribution in [2.24, 2.45) is 0 Å². The number of fused-ring (bicyclic) bond motifs is 1. The third-order valence-corrected chi connectivity index (χ3v) is 3.91. The van der Waals surface area contributed by atoms with E-state index < -0.39 is 17.6 Å². The van der Waals surface area contributed by atoms with Crippen LogP contribution in [0.3, 0.4) is 0 Å². The number of halogens is 2. The van der Waals surface area contributed by atoms with Crippen LogP contribution >= 0.6 is 0 Å².